The van der Waals surface area contributed by atoms with Gasteiger partial charge in [-0.25, -0.2) is 0 Å². The average Bonchev–Trinajstić information content (AvgIpc) is 3.27. The number of hydrogen-bond acceptors (Lipinski definition) is 4. The summed E-state index contributed by atoms with van der Waals surface area (Å²) >= 11 is 0. The molecule has 5 heteroatoms. The maximum absolute atomic E-state index is 11.6. The highest BCUT2D eigenvalue weighted by Gasteiger charge is 2.46. The Bertz CT molecular complexity index is 1360. The van der Waals surface area contributed by atoms with Gasteiger partial charge >= 0.3 is 8.60 Å². The molecule has 1 aromatic carbocycles. The van der Waals surface area contributed by atoms with E-state index >= 15 is 0 Å². The molecule has 0 aromatic heterocycles. The minimum absolute atomic E-state index is 0.0419. The number of aliphatic hydroxyl groups is 1. The van der Waals surface area contributed by atoms with Crippen LogP contribution in [0.15, 0.2) is 0 Å². The molecule has 0 spiro atoms. The highest BCUT2D eigenvalue weighted by atomic mass is 31.2. The van der Waals surface area contributed by atoms with E-state index in [2.05, 4.69) is 90.0 Å². The van der Waals surface area contributed by atoms with Crippen LogP contribution in [0.5, 0.6) is 0 Å². The lowest BCUT2D eigenvalue weighted by Gasteiger charge is -2.46. The molecule has 0 fully saturated rings. The first-order valence-corrected chi connectivity index (χ1v) is 31.2. The molecule has 0 aliphatic rings. The SMILES string of the molecule is CCCCCCCCCCCCCCCCCCc1c(CCCCCCCCCCCCCCCCCC)c(C(C)(C)C)c(C(C)(C)C)c(C(C)(C)C)c1C(OP(O)O)C(CC)(CO)CCCC. The van der Waals surface area contributed by atoms with Crippen LogP contribution in [0.4, 0.5) is 0 Å². The Labute approximate surface area is 427 Å². The van der Waals surface area contributed by atoms with E-state index in [1.165, 1.54) is 226 Å². The Morgan fingerprint density at radius 1 is 0.382 bits per heavy atom. The van der Waals surface area contributed by atoms with Crippen LogP contribution in [0.3, 0.4) is 0 Å². The first kappa shape index (κ1) is 65.5. The quantitative estimate of drug-likeness (QED) is 0.0450. The molecule has 0 heterocycles. The summed E-state index contributed by atoms with van der Waals surface area (Å²) in [5.74, 6) is 0. The Kier molecular flexibility index (Phi) is 35.9. The number of rotatable bonds is 43. The summed E-state index contributed by atoms with van der Waals surface area (Å²) in [6.45, 7) is 30.5. The number of unbranched alkanes of at least 4 members (excludes halogenated alkanes) is 31. The average molecular weight is 974 g/mol. The van der Waals surface area contributed by atoms with Crippen LogP contribution in [-0.2, 0) is 33.6 Å². The summed E-state index contributed by atoms with van der Waals surface area (Å²) in [4.78, 5) is 21.9. The maximum atomic E-state index is 11.6. The third kappa shape index (κ3) is 25.9. The Morgan fingerprint density at radius 3 is 0.941 bits per heavy atom. The van der Waals surface area contributed by atoms with Crippen LogP contribution in [0.2, 0.25) is 0 Å². The molecule has 68 heavy (non-hydrogen) atoms. The van der Waals surface area contributed by atoms with Gasteiger partial charge in [-0.2, -0.15) is 0 Å². The molecule has 1 rings (SSSR count). The van der Waals surface area contributed by atoms with Crippen LogP contribution in [-0.4, -0.2) is 21.5 Å². The number of hydrogen-bond donors (Lipinski definition) is 3. The first-order chi connectivity index (χ1) is 32.4. The zero-order valence-electron chi connectivity index (χ0n) is 48.4. The monoisotopic (exact) mass is 973 g/mol. The standard InChI is InChI=1S/C63H121O4P/c1-14-18-21-23-25-27-29-31-33-35-37-39-41-43-45-47-49-53-54(50-48-46-44-42-40-38-36-34-32-30-28-26-24-22-19-15-2)56(60(5,6)7)58(62(11,12)13)57(61(8,9)10)55(53)59(67-68(65)66)63(17-4,52-64)51-20-16-3/h59,64-66H,14-52H2,1-13H3. The number of aliphatic hydroxyl groups excluding tert-OH is 1. The van der Waals surface area contributed by atoms with E-state index < -0.39 is 20.1 Å². The molecule has 0 saturated heterocycles. The lowest BCUT2D eigenvalue weighted by atomic mass is 9.61. The van der Waals surface area contributed by atoms with Crippen molar-refractivity contribution in [2.75, 3.05) is 6.61 Å². The van der Waals surface area contributed by atoms with Crippen molar-refractivity contribution in [2.24, 2.45) is 5.41 Å². The molecular weight excluding hydrogens is 852 g/mol. The van der Waals surface area contributed by atoms with Gasteiger partial charge in [0.1, 0.15) is 0 Å². The van der Waals surface area contributed by atoms with Crippen molar-refractivity contribution in [1.29, 1.82) is 0 Å². The first-order valence-electron chi connectivity index (χ1n) is 30.1. The van der Waals surface area contributed by atoms with E-state index in [9.17, 15) is 14.9 Å². The molecule has 0 saturated carbocycles. The van der Waals surface area contributed by atoms with Gasteiger partial charge in [0.2, 0.25) is 0 Å². The molecule has 0 bridgehead atoms. The van der Waals surface area contributed by atoms with E-state index in [0.717, 1.165) is 44.9 Å². The van der Waals surface area contributed by atoms with Crippen LogP contribution in [0, 0.1) is 5.41 Å². The van der Waals surface area contributed by atoms with E-state index in [0.29, 0.717) is 6.42 Å². The maximum Gasteiger partial charge on any atom is 0.327 e. The predicted octanol–water partition coefficient (Wildman–Crippen LogP) is 21.0. The molecular formula is C63H121O4P. The minimum Gasteiger partial charge on any atom is -0.396 e. The smallest absolute Gasteiger partial charge is 0.327 e. The fourth-order valence-corrected chi connectivity index (χ4v) is 12.2. The lowest BCUT2D eigenvalue weighted by molar-refractivity contribution is -0.0216. The van der Waals surface area contributed by atoms with Crippen molar-refractivity contribution in [2.45, 2.75) is 356 Å². The highest BCUT2D eigenvalue weighted by molar-refractivity contribution is 7.39. The van der Waals surface area contributed by atoms with Gasteiger partial charge in [0.15, 0.2) is 0 Å². The normalized spacial score (nSPS) is 14.1. The highest BCUT2D eigenvalue weighted by Crippen LogP contribution is 2.56. The van der Waals surface area contributed by atoms with Gasteiger partial charge in [0.25, 0.3) is 0 Å². The molecule has 1 aromatic rings. The van der Waals surface area contributed by atoms with Crippen molar-refractivity contribution >= 4 is 8.60 Å². The summed E-state index contributed by atoms with van der Waals surface area (Å²) in [7, 11) is -2.67. The van der Waals surface area contributed by atoms with Gasteiger partial charge < -0.3 is 19.4 Å². The fraction of sp³-hybridized carbons (Fsp3) is 0.905. The van der Waals surface area contributed by atoms with Gasteiger partial charge in [-0.3, -0.25) is 0 Å². The molecule has 2 atom stereocenters. The van der Waals surface area contributed by atoms with Crippen molar-refractivity contribution in [3.8, 4) is 0 Å². The van der Waals surface area contributed by atoms with Gasteiger partial charge in [-0.1, -0.05) is 295 Å². The van der Waals surface area contributed by atoms with Crippen molar-refractivity contribution in [3.05, 3.63) is 33.4 Å². The summed E-state index contributed by atoms with van der Waals surface area (Å²) in [6, 6.07) is 0. The van der Waals surface area contributed by atoms with Crippen LogP contribution in [0.1, 0.15) is 361 Å². The molecule has 0 radical (unpaired) electrons. The summed E-state index contributed by atoms with van der Waals surface area (Å²) < 4.78 is 6.59. The zero-order valence-corrected chi connectivity index (χ0v) is 49.2. The van der Waals surface area contributed by atoms with E-state index in [1.54, 1.807) is 0 Å². The van der Waals surface area contributed by atoms with E-state index in [-0.39, 0.29) is 22.9 Å². The van der Waals surface area contributed by atoms with E-state index in [4.69, 9.17) is 4.52 Å². The van der Waals surface area contributed by atoms with Crippen LogP contribution in [0.25, 0.3) is 0 Å². The van der Waals surface area contributed by atoms with Gasteiger partial charge in [-0.15, -0.1) is 0 Å². The summed E-state index contributed by atoms with van der Waals surface area (Å²) in [5.41, 5.74) is 7.22. The zero-order chi connectivity index (χ0) is 50.9. The molecule has 402 valence electrons. The van der Waals surface area contributed by atoms with Gasteiger partial charge in [0, 0.05) is 5.41 Å². The van der Waals surface area contributed by atoms with Crippen LogP contribution < -0.4 is 0 Å². The largest absolute Gasteiger partial charge is 0.396 e. The summed E-state index contributed by atoms with van der Waals surface area (Å²) in [6.07, 6.45) is 48.4. The minimum atomic E-state index is -2.67. The molecule has 4 nitrogen and oxygen atoms in total. The fourth-order valence-electron chi connectivity index (χ4n) is 11.6. The topological polar surface area (TPSA) is 69.9 Å². The lowest BCUT2D eigenvalue weighted by Crippen LogP contribution is -2.39. The number of benzene rings is 1. The predicted molar refractivity (Wildman–Crippen MR) is 304 cm³/mol. The molecule has 0 aliphatic carbocycles. The van der Waals surface area contributed by atoms with Gasteiger partial charge in [0.05, 0.1) is 12.7 Å². The van der Waals surface area contributed by atoms with Crippen molar-refractivity contribution in [1.82, 2.24) is 0 Å². The molecule has 0 amide bonds. The van der Waals surface area contributed by atoms with Crippen molar-refractivity contribution < 1.29 is 19.4 Å². The Morgan fingerprint density at radius 2 is 0.676 bits per heavy atom. The van der Waals surface area contributed by atoms with E-state index in [1.807, 2.05) is 0 Å². The second-order valence-electron chi connectivity index (χ2n) is 25.1. The Balaban J connectivity index is 3.51. The van der Waals surface area contributed by atoms with Crippen molar-refractivity contribution in [3.63, 3.8) is 0 Å². The third-order valence-corrected chi connectivity index (χ3v) is 16.0. The molecule has 3 N–H and O–H groups in total. The van der Waals surface area contributed by atoms with Gasteiger partial charge in [-0.05, 0) is 88.2 Å². The molecule has 0 aliphatic heterocycles. The third-order valence-electron chi connectivity index (χ3n) is 15.6. The van der Waals surface area contributed by atoms with Crippen LogP contribution >= 0.6 is 8.60 Å². The Hall–Kier alpha value is -0.510. The second kappa shape index (κ2) is 37.3. The second-order valence-corrected chi connectivity index (χ2v) is 25.8. The summed E-state index contributed by atoms with van der Waals surface area (Å²) in [5, 5.41) is 11.6. The molecule has 2 unspecified atom stereocenters.